The molecule has 7 heteroatoms. The maximum absolute atomic E-state index is 12.3. The van der Waals surface area contributed by atoms with Crippen LogP contribution in [0.2, 0.25) is 5.02 Å². The molecule has 2 rings (SSSR count). The van der Waals surface area contributed by atoms with Gasteiger partial charge in [0.1, 0.15) is 4.90 Å². The fraction of sp³-hybridized carbons (Fsp3) is 0.400. The third-order valence-electron chi connectivity index (χ3n) is 2.52. The lowest BCUT2D eigenvalue weighted by molar-refractivity contribution is 0.0730. The highest BCUT2D eigenvalue weighted by atomic mass is 35.5. The number of nitrogens with one attached hydrogen (secondary N) is 1. The van der Waals surface area contributed by atoms with Crippen molar-refractivity contribution in [3.8, 4) is 0 Å². The molecule has 0 aromatic heterocycles. The van der Waals surface area contributed by atoms with Crippen LogP contribution in [0.5, 0.6) is 0 Å². The van der Waals surface area contributed by atoms with Crippen LogP contribution >= 0.6 is 11.6 Å². The lowest BCUT2D eigenvalue weighted by atomic mass is 10.3. The predicted octanol–water partition coefficient (Wildman–Crippen LogP) is 1.28. The summed E-state index contributed by atoms with van der Waals surface area (Å²) < 4.78 is 31.0. The Labute approximate surface area is 105 Å². The van der Waals surface area contributed by atoms with E-state index in [9.17, 15) is 8.42 Å². The first kappa shape index (κ1) is 12.6. The number of rotatable bonds is 2. The van der Waals surface area contributed by atoms with Crippen LogP contribution in [0, 0.1) is 0 Å². The first-order valence-corrected chi connectivity index (χ1v) is 6.92. The smallest absolute Gasteiger partial charge is 0.244 e. The molecule has 17 heavy (non-hydrogen) atoms. The summed E-state index contributed by atoms with van der Waals surface area (Å²) in [6.45, 7) is 1.41. The van der Waals surface area contributed by atoms with Gasteiger partial charge in [0.15, 0.2) is 0 Å². The predicted molar refractivity (Wildman–Crippen MR) is 63.8 cm³/mol. The van der Waals surface area contributed by atoms with Crippen LogP contribution in [0.25, 0.3) is 0 Å². The van der Waals surface area contributed by atoms with Gasteiger partial charge in [-0.2, -0.15) is 4.31 Å². The minimum absolute atomic E-state index is 0.00596. The third kappa shape index (κ3) is 2.55. The number of benzene rings is 1. The number of morpholine rings is 1. The van der Waals surface area contributed by atoms with Crippen molar-refractivity contribution in [2.24, 2.45) is 0 Å². The van der Waals surface area contributed by atoms with Crippen molar-refractivity contribution >= 4 is 27.3 Å². The van der Waals surface area contributed by atoms with Crippen molar-refractivity contribution < 1.29 is 13.2 Å². The molecule has 1 aliphatic heterocycles. The summed E-state index contributed by atoms with van der Waals surface area (Å²) in [6, 6.07) is 4.16. The number of nitrogens with zero attached hydrogens (tertiary/aromatic N) is 1. The molecule has 1 radical (unpaired) electrons. The molecular formula is C10H12ClN2O3S. The molecule has 5 nitrogen and oxygen atoms in total. The lowest BCUT2D eigenvalue weighted by Gasteiger charge is -2.26. The summed E-state index contributed by atoms with van der Waals surface area (Å²) in [6.07, 6.45) is 0. The highest BCUT2D eigenvalue weighted by Crippen LogP contribution is 2.27. The Morgan fingerprint density at radius 3 is 2.59 bits per heavy atom. The van der Waals surface area contributed by atoms with Gasteiger partial charge < -0.3 is 10.5 Å². The first-order valence-electron chi connectivity index (χ1n) is 5.11. The second-order valence-electron chi connectivity index (χ2n) is 3.66. The van der Waals surface area contributed by atoms with Gasteiger partial charge in [-0.3, -0.25) is 0 Å². The Hall–Kier alpha value is -0.820. The molecule has 1 aliphatic rings. The van der Waals surface area contributed by atoms with Gasteiger partial charge in [0.25, 0.3) is 0 Å². The molecule has 1 heterocycles. The van der Waals surface area contributed by atoms with E-state index in [2.05, 4.69) is 0 Å². The molecule has 0 bridgehead atoms. The van der Waals surface area contributed by atoms with E-state index in [-0.39, 0.29) is 15.6 Å². The minimum Gasteiger partial charge on any atom is -0.379 e. The summed E-state index contributed by atoms with van der Waals surface area (Å²) in [5.41, 5.74) is 7.59. The van der Waals surface area contributed by atoms with E-state index in [1.165, 1.54) is 22.5 Å². The molecule has 0 amide bonds. The van der Waals surface area contributed by atoms with Gasteiger partial charge in [0, 0.05) is 13.1 Å². The zero-order valence-corrected chi connectivity index (χ0v) is 10.6. The molecule has 1 N–H and O–H groups in total. The summed E-state index contributed by atoms with van der Waals surface area (Å²) in [4.78, 5) is -0.00596. The molecule has 1 aromatic rings. The van der Waals surface area contributed by atoms with Crippen LogP contribution in [0.4, 0.5) is 5.69 Å². The molecule has 0 saturated carbocycles. The molecule has 0 atom stereocenters. The second kappa shape index (κ2) is 4.81. The molecule has 0 unspecified atom stereocenters. The molecule has 0 spiro atoms. The average Bonchev–Trinajstić information content (AvgIpc) is 2.33. The summed E-state index contributed by atoms with van der Waals surface area (Å²) in [7, 11) is -3.61. The maximum Gasteiger partial charge on any atom is 0.244 e. The first-order chi connectivity index (χ1) is 8.01. The topological polar surface area (TPSA) is 70.4 Å². The van der Waals surface area contributed by atoms with Crippen LogP contribution < -0.4 is 5.73 Å². The van der Waals surface area contributed by atoms with Crippen molar-refractivity contribution in [1.82, 2.24) is 10.0 Å². The molecule has 1 aromatic carbocycles. The lowest BCUT2D eigenvalue weighted by Crippen LogP contribution is -2.40. The number of sulfonamides is 1. The zero-order chi connectivity index (χ0) is 12.5. The van der Waals surface area contributed by atoms with Crippen molar-refractivity contribution in [1.29, 1.82) is 0 Å². The molecule has 1 fully saturated rings. The number of halogens is 1. The fourth-order valence-electron chi connectivity index (χ4n) is 1.63. The summed E-state index contributed by atoms with van der Waals surface area (Å²) >= 11 is 5.88. The zero-order valence-electron chi connectivity index (χ0n) is 9.02. The van der Waals surface area contributed by atoms with Crippen molar-refractivity contribution in [3.63, 3.8) is 0 Å². The van der Waals surface area contributed by atoms with E-state index < -0.39 is 10.0 Å². The van der Waals surface area contributed by atoms with Gasteiger partial charge in [-0.05, 0) is 18.2 Å². The van der Waals surface area contributed by atoms with Gasteiger partial charge in [-0.1, -0.05) is 11.6 Å². The van der Waals surface area contributed by atoms with Crippen LogP contribution in [-0.2, 0) is 14.8 Å². The number of hydrogen-bond acceptors (Lipinski definition) is 3. The van der Waals surface area contributed by atoms with Crippen LogP contribution in [-0.4, -0.2) is 39.0 Å². The standard InChI is InChI=1S/C10H12ClN2O3S/c11-9-2-1-8(12)7-10(9)17(14,15)13-3-5-16-6-4-13/h1-2,7,12H,3-6H2. The quantitative estimate of drug-likeness (QED) is 0.816. The molecular weight excluding hydrogens is 264 g/mol. The highest BCUT2D eigenvalue weighted by molar-refractivity contribution is 7.89. The van der Waals surface area contributed by atoms with Crippen LogP contribution in [0.15, 0.2) is 23.1 Å². The van der Waals surface area contributed by atoms with Crippen LogP contribution in [0.1, 0.15) is 0 Å². The van der Waals surface area contributed by atoms with E-state index in [0.717, 1.165) is 0 Å². The van der Waals surface area contributed by atoms with Crippen molar-refractivity contribution in [2.45, 2.75) is 4.90 Å². The molecule has 0 aliphatic carbocycles. The largest absolute Gasteiger partial charge is 0.379 e. The van der Waals surface area contributed by atoms with Gasteiger partial charge in [0.2, 0.25) is 10.0 Å². The number of hydrogen-bond donors (Lipinski definition) is 0. The Bertz CT molecular complexity index is 512. The molecule has 93 valence electrons. The Balaban J connectivity index is 2.40. The minimum atomic E-state index is -3.61. The van der Waals surface area contributed by atoms with Gasteiger partial charge >= 0.3 is 0 Å². The third-order valence-corrected chi connectivity index (χ3v) is 4.90. The van der Waals surface area contributed by atoms with Crippen LogP contribution in [0.3, 0.4) is 0 Å². The Morgan fingerprint density at radius 2 is 1.94 bits per heavy atom. The van der Waals surface area contributed by atoms with E-state index >= 15 is 0 Å². The SMILES string of the molecule is [NH]c1ccc(Cl)c(S(=O)(=O)N2CCOCC2)c1. The number of ether oxygens (including phenoxy) is 1. The maximum atomic E-state index is 12.3. The van der Waals surface area contributed by atoms with E-state index in [4.69, 9.17) is 22.1 Å². The van der Waals surface area contributed by atoms with Crippen molar-refractivity contribution in [3.05, 3.63) is 23.2 Å². The Kier molecular flexibility index (Phi) is 3.58. The molecule has 1 saturated heterocycles. The average molecular weight is 276 g/mol. The second-order valence-corrected chi connectivity index (χ2v) is 5.98. The van der Waals surface area contributed by atoms with Gasteiger partial charge in [0.05, 0.1) is 23.9 Å². The normalized spacial score (nSPS) is 18.2. The highest BCUT2D eigenvalue weighted by Gasteiger charge is 2.28. The van der Waals surface area contributed by atoms with Gasteiger partial charge in [-0.15, -0.1) is 0 Å². The monoisotopic (exact) mass is 275 g/mol. The summed E-state index contributed by atoms with van der Waals surface area (Å²) in [5.74, 6) is 0. The van der Waals surface area contributed by atoms with E-state index in [1.807, 2.05) is 0 Å². The van der Waals surface area contributed by atoms with E-state index in [0.29, 0.717) is 26.3 Å². The van der Waals surface area contributed by atoms with E-state index in [1.54, 1.807) is 0 Å². The van der Waals surface area contributed by atoms with Gasteiger partial charge in [-0.25, -0.2) is 8.42 Å². The van der Waals surface area contributed by atoms with Crippen molar-refractivity contribution in [2.75, 3.05) is 26.3 Å². The Morgan fingerprint density at radius 1 is 1.29 bits per heavy atom. The fourth-order valence-corrected chi connectivity index (χ4v) is 3.54. The summed E-state index contributed by atoms with van der Waals surface area (Å²) in [5, 5.41) is 0.146.